The number of rotatable bonds is 8. The van der Waals surface area contributed by atoms with E-state index >= 15 is 0 Å². The molecule has 1 amide bonds. The Morgan fingerprint density at radius 1 is 1.33 bits per heavy atom. The van der Waals surface area contributed by atoms with Gasteiger partial charge in [0.25, 0.3) is 0 Å². The topological polar surface area (TPSA) is 90.0 Å². The second-order valence-electron chi connectivity index (χ2n) is 6.05. The first kappa shape index (κ1) is 18.0. The zero-order chi connectivity index (χ0) is 17.5. The van der Waals surface area contributed by atoms with Gasteiger partial charge in [0.2, 0.25) is 5.91 Å². The minimum atomic E-state index is -0.169. The highest BCUT2D eigenvalue weighted by atomic mass is 16.3. The third-order valence-corrected chi connectivity index (χ3v) is 4.12. The highest BCUT2D eigenvalue weighted by Gasteiger charge is 2.11. The molecule has 1 aromatic carbocycles. The minimum Gasteiger partial charge on any atom is -0.394 e. The summed E-state index contributed by atoms with van der Waals surface area (Å²) >= 11 is 0. The van der Waals surface area contributed by atoms with E-state index < -0.39 is 0 Å². The van der Waals surface area contributed by atoms with E-state index in [4.69, 9.17) is 5.11 Å². The van der Waals surface area contributed by atoms with Gasteiger partial charge in [0.1, 0.15) is 0 Å². The number of H-pyrrole nitrogens is 1. The van der Waals surface area contributed by atoms with Crippen molar-refractivity contribution in [3.05, 3.63) is 47.3 Å². The molecule has 0 saturated heterocycles. The predicted molar refractivity (Wildman–Crippen MR) is 94.8 cm³/mol. The van der Waals surface area contributed by atoms with E-state index in [0.717, 1.165) is 28.9 Å². The number of carbonyl (C=O) groups excluding carboxylic acids is 1. The van der Waals surface area contributed by atoms with Gasteiger partial charge in [-0.3, -0.25) is 9.89 Å². The first-order valence-corrected chi connectivity index (χ1v) is 8.29. The molecule has 0 aliphatic rings. The fourth-order valence-corrected chi connectivity index (χ4v) is 2.58. The largest absolute Gasteiger partial charge is 0.394 e. The average molecular weight is 330 g/mol. The molecule has 1 heterocycles. The molecule has 24 heavy (non-hydrogen) atoms. The second kappa shape index (κ2) is 8.49. The standard InChI is InChI=1S/C18H26N4O2/c1-4-15(11-23)21-18(24)9-14-5-7-16(8-6-14)20-12(2)17-10-19-22-13(17)3/h5-8,10,12,15,20,23H,4,9,11H2,1-3H3,(H,19,22)(H,21,24). The number of anilines is 1. The molecule has 130 valence electrons. The van der Waals surface area contributed by atoms with Crippen molar-refractivity contribution in [2.45, 2.75) is 45.7 Å². The summed E-state index contributed by atoms with van der Waals surface area (Å²) in [5.41, 5.74) is 4.12. The molecule has 0 aliphatic carbocycles. The number of nitrogens with one attached hydrogen (secondary N) is 3. The highest BCUT2D eigenvalue weighted by molar-refractivity contribution is 5.79. The first-order valence-electron chi connectivity index (χ1n) is 8.29. The van der Waals surface area contributed by atoms with Crippen LogP contribution in [0.4, 0.5) is 5.69 Å². The number of nitrogens with zero attached hydrogens (tertiary/aromatic N) is 1. The number of amides is 1. The van der Waals surface area contributed by atoms with Gasteiger partial charge in [-0.2, -0.15) is 5.10 Å². The molecule has 6 heteroatoms. The zero-order valence-corrected chi connectivity index (χ0v) is 14.5. The monoisotopic (exact) mass is 330 g/mol. The van der Waals surface area contributed by atoms with Crippen LogP contribution in [-0.4, -0.2) is 33.9 Å². The molecule has 6 nitrogen and oxygen atoms in total. The van der Waals surface area contributed by atoms with Crippen molar-refractivity contribution >= 4 is 11.6 Å². The molecule has 4 N–H and O–H groups in total. The summed E-state index contributed by atoms with van der Waals surface area (Å²) in [5, 5.41) is 22.4. The van der Waals surface area contributed by atoms with E-state index in [0.29, 0.717) is 6.42 Å². The second-order valence-corrected chi connectivity index (χ2v) is 6.05. The number of carbonyl (C=O) groups is 1. The maximum Gasteiger partial charge on any atom is 0.224 e. The number of aromatic amines is 1. The Labute approximate surface area is 142 Å². The smallest absolute Gasteiger partial charge is 0.224 e. The Hall–Kier alpha value is -2.34. The first-order chi connectivity index (χ1) is 11.5. The molecule has 1 aromatic heterocycles. The van der Waals surface area contributed by atoms with Crippen LogP contribution in [0.3, 0.4) is 0 Å². The maximum absolute atomic E-state index is 11.9. The third-order valence-electron chi connectivity index (χ3n) is 4.12. The minimum absolute atomic E-state index is 0.0313. The Morgan fingerprint density at radius 3 is 2.58 bits per heavy atom. The summed E-state index contributed by atoms with van der Waals surface area (Å²) in [4.78, 5) is 11.9. The van der Waals surface area contributed by atoms with Gasteiger partial charge in [0, 0.05) is 16.9 Å². The van der Waals surface area contributed by atoms with Crippen LogP contribution < -0.4 is 10.6 Å². The van der Waals surface area contributed by atoms with Crippen LogP contribution in [-0.2, 0) is 11.2 Å². The number of hydrogen-bond acceptors (Lipinski definition) is 4. The molecule has 2 atom stereocenters. The quantitative estimate of drug-likeness (QED) is 0.598. The average Bonchev–Trinajstić information content (AvgIpc) is 3.00. The summed E-state index contributed by atoms with van der Waals surface area (Å²) in [5.74, 6) is -0.0704. The normalized spacial score (nSPS) is 13.3. The summed E-state index contributed by atoms with van der Waals surface area (Å²) in [6.07, 6.45) is 2.86. The number of aliphatic hydroxyl groups is 1. The van der Waals surface area contributed by atoms with Crippen LogP contribution in [0.25, 0.3) is 0 Å². The molecule has 0 bridgehead atoms. The lowest BCUT2D eigenvalue weighted by Crippen LogP contribution is -2.37. The van der Waals surface area contributed by atoms with E-state index in [1.807, 2.05) is 44.3 Å². The number of aliphatic hydroxyl groups excluding tert-OH is 1. The Kier molecular flexibility index (Phi) is 6.37. The molecule has 2 rings (SSSR count). The number of aryl methyl sites for hydroxylation is 1. The summed E-state index contributed by atoms with van der Waals surface area (Å²) < 4.78 is 0. The van der Waals surface area contributed by atoms with Crippen LogP contribution >= 0.6 is 0 Å². The van der Waals surface area contributed by atoms with Crippen molar-refractivity contribution in [1.29, 1.82) is 0 Å². The van der Waals surface area contributed by atoms with Crippen LogP contribution in [0.1, 0.15) is 43.1 Å². The fraction of sp³-hybridized carbons (Fsp3) is 0.444. The molecule has 2 aromatic rings. The van der Waals surface area contributed by atoms with E-state index in [-0.39, 0.29) is 24.6 Å². The molecule has 0 aliphatic heterocycles. The maximum atomic E-state index is 11.9. The van der Waals surface area contributed by atoms with E-state index in [1.165, 1.54) is 0 Å². The van der Waals surface area contributed by atoms with Gasteiger partial charge in [-0.1, -0.05) is 19.1 Å². The van der Waals surface area contributed by atoms with E-state index in [9.17, 15) is 4.79 Å². The molecule has 2 unspecified atom stereocenters. The van der Waals surface area contributed by atoms with Gasteiger partial charge in [-0.25, -0.2) is 0 Å². The predicted octanol–water partition coefficient (Wildman–Crippen LogP) is 2.32. The Morgan fingerprint density at radius 2 is 2.04 bits per heavy atom. The SMILES string of the molecule is CCC(CO)NC(=O)Cc1ccc(NC(C)c2cn[nH]c2C)cc1. The summed E-state index contributed by atoms with van der Waals surface area (Å²) in [6, 6.07) is 7.80. The fourth-order valence-electron chi connectivity index (χ4n) is 2.58. The van der Waals surface area contributed by atoms with Crippen molar-refractivity contribution in [3.8, 4) is 0 Å². The zero-order valence-electron chi connectivity index (χ0n) is 14.5. The van der Waals surface area contributed by atoms with Gasteiger partial charge in [-0.15, -0.1) is 0 Å². The lowest BCUT2D eigenvalue weighted by atomic mass is 10.1. The Balaban J connectivity index is 1.91. The molecule has 0 fully saturated rings. The van der Waals surface area contributed by atoms with Crippen molar-refractivity contribution in [3.63, 3.8) is 0 Å². The molecule has 0 spiro atoms. The van der Waals surface area contributed by atoms with Crippen molar-refractivity contribution in [2.75, 3.05) is 11.9 Å². The molecule has 0 radical (unpaired) electrons. The lowest BCUT2D eigenvalue weighted by molar-refractivity contribution is -0.121. The number of hydrogen-bond donors (Lipinski definition) is 4. The van der Waals surface area contributed by atoms with Gasteiger partial charge >= 0.3 is 0 Å². The number of aromatic nitrogens is 2. The summed E-state index contributed by atoms with van der Waals surface area (Å²) in [6.45, 7) is 5.98. The van der Waals surface area contributed by atoms with Gasteiger partial charge in [0.05, 0.1) is 31.3 Å². The van der Waals surface area contributed by atoms with Crippen LogP contribution in [0.5, 0.6) is 0 Å². The molecular formula is C18H26N4O2. The Bertz CT molecular complexity index is 647. The lowest BCUT2D eigenvalue weighted by Gasteiger charge is -2.16. The third kappa shape index (κ3) is 4.83. The van der Waals surface area contributed by atoms with Crippen molar-refractivity contribution in [2.24, 2.45) is 0 Å². The summed E-state index contributed by atoms with van der Waals surface area (Å²) in [7, 11) is 0. The van der Waals surface area contributed by atoms with Gasteiger partial charge in [-0.05, 0) is 38.0 Å². The molecule has 0 saturated carbocycles. The van der Waals surface area contributed by atoms with Crippen molar-refractivity contribution in [1.82, 2.24) is 15.5 Å². The van der Waals surface area contributed by atoms with Crippen LogP contribution in [0.15, 0.2) is 30.5 Å². The van der Waals surface area contributed by atoms with Crippen LogP contribution in [0.2, 0.25) is 0 Å². The van der Waals surface area contributed by atoms with E-state index in [2.05, 4.69) is 27.8 Å². The van der Waals surface area contributed by atoms with Gasteiger partial charge < -0.3 is 15.7 Å². The van der Waals surface area contributed by atoms with Gasteiger partial charge in [0.15, 0.2) is 0 Å². The van der Waals surface area contributed by atoms with Crippen LogP contribution in [0, 0.1) is 6.92 Å². The number of benzene rings is 1. The highest BCUT2D eigenvalue weighted by Crippen LogP contribution is 2.21. The molecular weight excluding hydrogens is 304 g/mol. The van der Waals surface area contributed by atoms with Crippen molar-refractivity contribution < 1.29 is 9.90 Å². The van der Waals surface area contributed by atoms with E-state index in [1.54, 1.807) is 0 Å².